The van der Waals surface area contributed by atoms with Crippen molar-refractivity contribution >= 4 is 18.0 Å². The Morgan fingerprint density at radius 3 is 2.37 bits per heavy atom. The molecule has 0 saturated heterocycles. The molecule has 0 unspecified atom stereocenters. The summed E-state index contributed by atoms with van der Waals surface area (Å²) in [5.74, 6) is 0. The molecule has 0 bridgehead atoms. The molecule has 0 saturated carbocycles. The van der Waals surface area contributed by atoms with Gasteiger partial charge in [-0.15, -0.1) is 0 Å². The van der Waals surface area contributed by atoms with Gasteiger partial charge in [0.25, 0.3) is 0 Å². The standard InChI is InChI=1S/C20H20ClN3.CH3NO/c1-13-5-6-14(9-16(13)17-11-22-12-19(21)24-17)15-7-8-23-18(10-15)20(2,3)4;2-1-3/h5-12H,1-4H3;1H,(H2,2,3). The largest absolute Gasteiger partial charge is 0.372 e. The summed E-state index contributed by atoms with van der Waals surface area (Å²) in [5, 5.41) is 0.399. The Bertz CT molecular complexity index is 935. The predicted octanol–water partition coefficient (Wildman–Crippen LogP) is 4.57. The monoisotopic (exact) mass is 382 g/mol. The molecule has 0 aliphatic rings. The normalized spacial score (nSPS) is 10.7. The molecule has 0 aliphatic heterocycles. The van der Waals surface area contributed by atoms with Crippen molar-refractivity contribution in [2.45, 2.75) is 33.1 Å². The van der Waals surface area contributed by atoms with E-state index in [0.29, 0.717) is 5.15 Å². The molecule has 0 atom stereocenters. The highest BCUT2D eigenvalue weighted by atomic mass is 35.5. The fourth-order valence-electron chi connectivity index (χ4n) is 2.57. The number of halogens is 1. The third kappa shape index (κ3) is 5.34. The molecular weight excluding hydrogens is 360 g/mol. The van der Waals surface area contributed by atoms with E-state index in [1.807, 2.05) is 12.3 Å². The Morgan fingerprint density at radius 1 is 1.07 bits per heavy atom. The van der Waals surface area contributed by atoms with Crippen LogP contribution in [0.25, 0.3) is 22.4 Å². The first-order chi connectivity index (χ1) is 12.8. The van der Waals surface area contributed by atoms with Gasteiger partial charge >= 0.3 is 0 Å². The van der Waals surface area contributed by atoms with E-state index in [2.05, 4.69) is 72.6 Å². The van der Waals surface area contributed by atoms with Crippen LogP contribution in [0, 0.1) is 6.92 Å². The van der Waals surface area contributed by atoms with Crippen LogP contribution < -0.4 is 5.73 Å². The van der Waals surface area contributed by atoms with Gasteiger partial charge in [-0.3, -0.25) is 14.8 Å². The van der Waals surface area contributed by atoms with Gasteiger partial charge in [0.05, 0.1) is 18.1 Å². The summed E-state index contributed by atoms with van der Waals surface area (Å²) in [4.78, 5) is 21.6. The summed E-state index contributed by atoms with van der Waals surface area (Å²) >= 11 is 5.99. The summed E-state index contributed by atoms with van der Waals surface area (Å²) in [5.41, 5.74) is 10.5. The Kier molecular flexibility index (Phi) is 6.64. The second-order valence-corrected chi connectivity index (χ2v) is 7.46. The number of rotatable bonds is 2. The maximum Gasteiger partial charge on any atom is 0.204 e. The molecule has 6 heteroatoms. The number of aryl methyl sites for hydroxylation is 1. The van der Waals surface area contributed by atoms with E-state index in [1.165, 1.54) is 0 Å². The number of aromatic nitrogens is 3. The fraction of sp³-hybridized carbons (Fsp3) is 0.238. The van der Waals surface area contributed by atoms with Crippen molar-refractivity contribution in [2.75, 3.05) is 0 Å². The lowest BCUT2D eigenvalue weighted by molar-refractivity contribution is -0.106. The molecule has 27 heavy (non-hydrogen) atoms. The molecule has 0 aliphatic carbocycles. The van der Waals surface area contributed by atoms with Crippen molar-refractivity contribution in [3.63, 3.8) is 0 Å². The minimum Gasteiger partial charge on any atom is -0.372 e. The summed E-state index contributed by atoms with van der Waals surface area (Å²) < 4.78 is 0. The molecular formula is C21H23ClN4O. The molecule has 140 valence electrons. The topological polar surface area (TPSA) is 81.8 Å². The lowest BCUT2D eigenvalue weighted by Crippen LogP contribution is -2.13. The quantitative estimate of drug-likeness (QED) is 0.658. The lowest BCUT2D eigenvalue weighted by Gasteiger charge is -2.18. The third-order valence-electron chi connectivity index (χ3n) is 3.98. The number of carbonyl (C=O) groups excluding carboxylic acids is 1. The maximum atomic E-state index is 8.58. The Balaban J connectivity index is 0.000000817. The molecule has 5 nitrogen and oxygen atoms in total. The summed E-state index contributed by atoms with van der Waals surface area (Å²) in [6.45, 7) is 8.57. The molecule has 2 N–H and O–H groups in total. The first kappa shape index (κ1) is 20.5. The second kappa shape index (κ2) is 8.73. The Hall–Kier alpha value is -2.79. The van der Waals surface area contributed by atoms with Gasteiger partial charge in [0.1, 0.15) is 5.15 Å². The van der Waals surface area contributed by atoms with Crippen LogP contribution in [0.2, 0.25) is 5.15 Å². The van der Waals surface area contributed by atoms with Gasteiger partial charge in [-0.05, 0) is 41.8 Å². The number of carbonyl (C=O) groups is 1. The van der Waals surface area contributed by atoms with Crippen LogP contribution >= 0.6 is 11.6 Å². The predicted molar refractivity (Wildman–Crippen MR) is 109 cm³/mol. The minimum atomic E-state index is 0.0158. The second-order valence-electron chi connectivity index (χ2n) is 7.07. The zero-order valence-corrected chi connectivity index (χ0v) is 16.7. The number of amides is 1. The third-order valence-corrected chi connectivity index (χ3v) is 4.16. The van der Waals surface area contributed by atoms with Crippen molar-refractivity contribution in [1.29, 1.82) is 0 Å². The molecule has 0 fully saturated rings. The molecule has 0 spiro atoms. The zero-order valence-electron chi connectivity index (χ0n) is 15.9. The van der Waals surface area contributed by atoms with Crippen LogP contribution in [0.4, 0.5) is 0 Å². The number of pyridine rings is 1. The van der Waals surface area contributed by atoms with Crippen LogP contribution in [0.3, 0.4) is 0 Å². The van der Waals surface area contributed by atoms with Crippen LogP contribution in [0.1, 0.15) is 32.0 Å². The van der Waals surface area contributed by atoms with Gasteiger partial charge < -0.3 is 5.73 Å². The van der Waals surface area contributed by atoms with Gasteiger partial charge in [0, 0.05) is 22.9 Å². The number of nitrogens with zero attached hydrogens (tertiary/aromatic N) is 3. The molecule has 1 aromatic carbocycles. The van der Waals surface area contributed by atoms with Crippen molar-refractivity contribution in [1.82, 2.24) is 15.0 Å². The fourth-order valence-corrected chi connectivity index (χ4v) is 2.72. The Labute approximate surface area is 164 Å². The van der Waals surface area contributed by atoms with Gasteiger partial charge in [0.2, 0.25) is 6.41 Å². The number of hydrogen-bond donors (Lipinski definition) is 1. The number of nitrogens with two attached hydrogens (primary N) is 1. The summed E-state index contributed by atoms with van der Waals surface area (Å²) in [7, 11) is 0. The van der Waals surface area contributed by atoms with Gasteiger partial charge in [-0.25, -0.2) is 4.98 Å². The van der Waals surface area contributed by atoms with Crippen LogP contribution in [-0.4, -0.2) is 21.4 Å². The highest BCUT2D eigenvalue weighted by molar-refractivity contribution is 6.29. The number of primary amides is 1. The highest BCUT2D eigenvalue weighted by Gasteiger charge is 2.16. The van der Waals surface area contributed by atoms with Crippen molar-refractivity contribution in [2.24, 2.45) is 5.73 Å². The van der Waals surface area contributed by atoms with Crippen LogP contribution in [-0.2, 0) is 10.2 Å². The molecule has 1 amide bonds. The van der Waals surface area contributed by atoms with Crippen molar-refractivity contribution in [3.8, 4) is 22.4 Å². The average molecular weight is 383 g/mol. The van der Waals surface area contributed by atoms with Gasteiger partial charge in [-0.1, -0.05) is 44.5 Å². The molecule has 2 heterocycles. The average Bonchev–Trinajstić information content (AvgIpc) is 2.62. The first-order valence-electron chi connectivity index (χ1n) is 8.47. The number of hydrogen-bond acceptors (Lipinski definition) is 4. The minimum absolute atomic E-state index is 0.0158. The SMILES string of the molecule is Cc1ccc(-c2ccnc(C(C)(C)C)c2)cc1-c1cncc(Cl)n1.NC=O. The zero-order chi connectivity index (χ0) is 20.0. The first-order valence-corrected chi connectivity index (χ1v) is 8.85. The van der Waals surface area contributed by atoms with E-state index in [4.69, 9.17) is 16.4 Å². The lowest BCUT2D eigenvalue weighted by atomic mass is 9.89. The van der Waals surface area contributed by atoms with E-state index in [9.17, 15) is 0 Å². The molecule has 3 rings (SSSR count). The van der Waals surface area contributed by atoms with Gasteiger partial charge in [0.15, 0.2) is 0 Å². The number of benzene rings is 1. The van der Waals surface area contributed by atoms with Crippen LogP contribution in [0.5, 0.6) is 0 Å². The maximum absolute atomic E-state index is 8.58. The van der Waals surface area contributed by atoms with Crippen molar-refractivity contribution < 1.29 is 4.79 Å². The summed E-state index contributed by atoms with van der Waals surface area (Å²) in [6, 6.07) is 10.5. The van der Waals surface area contributed by atoms with E-state index in [-0.39, 0.29) is 11.8 Å². The Morgan fingerprint density at radius 2 is 1.74 bits per heavy atom. The van der Waals surface area contributed by atoms with Gasteiger partial charge in [-0.2, -0.15) is 0 Å². The smallest absolute Gasteiger partial charge is 0.204 e. The van der Waals surface area contributed by atoms with E-state index >= 15 is 0 Å². The highest BCUT2D eigenvalue weighted by Crippen LogP contribution is 2.30. The molecule has 3 aromatic rings. The van der Waals surface area contributed by atoms with Crippen LogP contribution in [0.15, 0.2) is 48.9 Å². The molecule has 2 aromatic heterocycles. The van der Waals surface area contributed by atoms with E-state index < -0.39 is 0 Å². The van der Waals surface area contributed by atoms with E-state index in [0.717, 1.165) is 33.6 Å². The molecule has 0 radical (unpaired) electrons. The van der Waals surface area contributed by atoms with E-state index in [1.54, 1.807) is 12.4 Å². The summed E-state index contributed by atoms with van der Waals surface area (Å²) in [6.07, 6.45) is 5.41. The van der Waals surface area contributed by atoms with Crippen molar-refractivity contribution in [3.05, 3.63) is 65.3 Å².